The Bertz CT molecular complexity index is 1270. The van der Waals surface area contributed by atoms with Gasteiger partial charge in [0.15, 0.2) is 0 Å². The summed E-state index contributed by atoms with van der Waals surface area (Å²) in [7, 11) is 6.49. The van der Waals surface area contributed by atoms with Gasteiger partial charge in [0.25, 0.3) is 0 Å². The molecule has 0 radical (unpaired) electrons. The third-order valence-electron chi connectivity index (χ3n) is 5.18. The summed E-state index contributed by atoms with van der Waals surface area (Å²) in [5.74, 6) is -0.358. The van der Waals surface area contributed by atoms with Crippen LogP contribution in [0.4, 0.5) is 26.7 Å². The van der Waals surface area contributed by atoms with Crippen molar-refractivity contribution in [1.82, 2.24) is 4.98 Å². The maximum Gasteiger partial charge on any atom is 0.411 e. The van der Waals surface area contributed by atoms with Crippen LogP contribution in [0.1, 0.15) is 21.9 Å². The number of carbonyl (C=O) groups is 2. The van der Waals surface area contributed by atoms with E-state index in [1.165, 1.54) is 26.0 Å². The number of thiazole rings is 1. The number of methoxy groups -OCH3 is 2. The molecule has 4 rings (SSSR count). The molecule has 172 valence electrons. The number of benzene rings is 2. The standard InChI is InChI=1S/C22H22N4O5S2/c1-26(2)12-7-5-11(6-8-12)15-16-13(23-20(27)30-3)9-10-14(24-21(28)31-4)17(16)32-19-18(15)33-22(29)25-19/h5-10,15H,1-4H3,(H,23,27)(H,24,28)(H,25,29). The van der Waals surface area contributed by atoms with E-state index in [1.807, 2.05) is 43.3 Å². The lowest BCUT2D eigenvalue weighted by Gasteiger charge is -2.29. The molecule has 33 heavy (non-hydrogen) atoms. The molecule has 1 aliphatic rings. The first kappa shape index (κ1) is 22.7. The zero-order valence-electron chi connectivity index (χ0n) is 18.3. The Morgan fingerprint density at radius 3 is 2.18 bits per heavy atom. The lowest BCUT2D eigenvalue weighted by atomic mass is 9.88. The van der Waals surface area contributed by atoms with Crippen molar-refractivity contribution in [1.29, 1.82) is 0 Å². The summed E-state index contributed by atoms with van der Waals surface area (Å²) >= 11 is 2.45. The number of carbonyl (C=O) groups excluding carboxylic acids is 2. The fraction of sp³-hybridized carbons (Fsp3) is 0.227. The second kappa shape index (κ2) is 9.20. The van der Waals surface area contributed by atoms with Crippen molar-refractivity contribution >= 4 is 52.3 Å². The third-order valence-corrected chi connectivity index (χ3v) is 7.43. The number of ether oxygens (including phenoxy) is 2. The number of aromatic amines is 1. The van der Waals surface area contributed by atoms with E-state index in [0.717, 1.165) is 33.0 Å². The molecule has 2 heterocycles. The molecule has 0 aliphatic carbocycles. The average Bonchev–Trinajstić information content (AvgIpc) is 3.18. The number of aromatic nitrogens is 1. The maximum atomic E-state index is 12.3. The maximum absolute atomic E-state index is 12.3. The molecule has 3 N–H and O–H groups in total. The van der Waals surface area contributed by atoms with Gasteiger partial charge in [0.2, 0.25) is 0 Å². The Labute approximate surface area is 198 Å². The van der Waals surface area contributed by atoms with Gasteiger partial charge in [-0.1, -0.05) is 35.2 Å². The van der Waals surface area contributed by atoms with Crippen molar-refractivity contribution in [3.63, 3.8) is 0 Å². The van der Waals surface area contributed by atoms with Gasteiger partial charge < -0.3 is 19.4 Å². The first-order chi connectivity index (χ1) is 15.8. The van der Waals surface area contributed by atoms with E-state index < -0.39 is 12.2 Å². The molecule has 1 atom stereocenters. The molecule has 2 amide bonds. The van der Waals surface area contributed by atoms with E-state index in [9.17, 15) is 14.4 Å². The van der Waals surface area contributed by atoms with Crippen LogP contribution in [0.3, 0.4) is 0 Å². The SMILES string of the molecule is COC(=O)Nc1ccc(NC(=O)OC)c2c1Sc1[nH]c(=O)sc1C2c1ccc(N(C)C)cc1. The van der Waals surface area contributed by atoms with Crippen LogP contribution in [0.15, 0.2) is 51.1 Å². The molecule has 1 aromatic heterocycles. The third kappa shape index (κ3) is 4.41. The molecule has 2 aromatic carbocycles. The largest absolute Gasteiger partial charge is 0.453 e. The number of nitrogens with zero attached hydrogens (tertiary/aromatic N) is 1. The number of hydrogen-bond donors (Lipinski definition) is 3. The second-order valence-corrected chi connectivity index (χ2v) is 9.40. The summed E-state index contributed by atoms with van der Waals surface area (Å²) in [6.07, 6.45) is -1.24. The van der Waals surface area contributed by atoms with Crippen LogP contribution in [-0.2, 0) is 9.47 Å². The van der Waals surface area contributed by atoms with Crippen LogP contribution in [0.2, 0.25) is 0 Å². The molecule has 1 aliphatic heterocycles. The van der Waals surface area contributed by atoms with E-state index in [0.29, 0.717) is 21.3 Å². The summed E-state index contributed by atoms with van der Waals surface area (Å²) in [6.45, 7) is 0. The minimum absolute atomic E-state index is 0.180. The number of rotatable bonds is 4. The van der Waals surface area contributed by atoms with Gasteiger partial charge in [-0.2, -0.15) is 0 Å². The van der Waals surface area contributed by atoms with Crippen molar-refractivity contribution < 1.29 is 19.1 Å². The van der Waals surface area contributed by atoms with Gasteiger partial charge in [-0.15, -0.1) is 0 Å². The van der Waals surface area contributed by atoms with Gasteiger partial charge in [0, 0.05) is 41.8 Å². The van der Waals surface area contributed by atoms with Crippen LogP contribution in [0, 0.1) is 0 Å². The quantitative estimate of drug-likeness (QED) is 0.389. The van der Waals surface area contributed by atoms with Crippen LogP contribution in [-0.4, -0.2) is 45.5 Å². The van der Waals surface area contributed by atoms with Crippen LogP contribution >= 0.6 is 23.1 Å². The molecule has 0 saturated heterocycles. The fourth-order valence-corrected chi connectivity index (χ4v) is 5.95. The molecule has 11 heteroatoms. The van der Waals surface area contributed by atoms with Crippen molar-refractivity contribution in [2.24, 2.45) is 0 Å². The molecular formula is C22H22N4O5S2. The van der Waals surface area contributed by atoms with E-state index in [1.54, 1.807) is 12.1 Å². The molecule has 0 saturated carbocycles. The molecule has 0 fully saturated rings. The molecule has 0 spiro atoms. The Hall–Kier alpha value is -3.44. The van der Waals surface area contributed by atoms with Crippen LogP contribution in [0.5, 0.6) is 0 Å². The number of H-pyrrole nitrogens is 1. The highest BCUT2D eigenvalue weighted by Gasteiger charge is 2.35. The number of hydrogen-bond acceptors (Lipinski definition) is 8. The first-order valence-electron chi connectivity index (χ1n) is 9.87. The number of amides is 2. The van der Waals surface area contributed by atoms with Crippen molar-refractivity contribution in [2.75, 3.05) is 43.8 Å². The molecule has 0 bridgehead atoms. The summed E-state index contributed by atoms with van der Waals surface area (Å²) < 4.78 is 9.58. The van der Waals surface area contributed by atoms with Gasteiger partial charge in [-0.05, 0) is 29.8 Å². The summed E-state index contributed by atoms with van der Waals surface area (Å²) in [4.78, 5) is 42.6. The van der Waals surface area contributed by atoms with E-state index in [2.05, 4.69) is 15.6 Å². The van der Waals surface area contributed by atoms with Crippen molar-refractivity contribution in [3.8, 4) is 0 Å². The zero-order chi connectivity index (χ0) is 23.7. The Morgan fingerprint density at radius 1 is 0.970 bits per heavy atom. The Morgan fingerprint density at radius 2 is 1.58 bits per heavy atom. The number of fused-ring (bicyclic) bond motifs is 2. The predicted octanol–water partition coefficient (Wildman–Crippen LogP) is 4.50. The van der Waals surface area contributed by atoms with Crippen LogP contribution in [0.25, 0.3) is 0 Å². The van der Waals surface area contributed by atoms with Gasteiger partial charge >= 0.3 is 17.1 Å². The Kier molecular flexibility index (Phi) is 6.34. The number of nitrogens with one attached hydrogen (secondary N) is 3. The van der Waals surface area contributed by atoms with Gasteiger partial charge in [-0.25, -0.2) is 9.59 Å². The molecule has 1 unspecified atom stereocenters. The van der Waals surface area contributed by atoms with Crippen LogP contribution < -0.4 is 20.4 Å². The fourth-order valence-electron chi connectivity index (χ4n) is 3.63. The predicted molar refractivity (Wildman–Crippen MR) is 129 cm³/mol. The van der Waals surface area contributed by atoms with Gasteiger partial charge in [-0.3, -0.25) is 15.4 Å². The monoisotopic (exact) mass is 486 g/mol. The minimum Gasteiger partial charge on any atom is -0.453 e. The highest BCUT2D eigenvalue weighted by molar-refractivity contribution is 7.99. The lowest BCUT2D eigenvalue weighted by molar-refractivity contribution is 0.186. The van der Waals surface area contributed by atoms with Gasteiger partial charge in [0.05, 0.1) is 29.8 Å². The van der Waals surface area contributed by atoms with E-state index in [-0.39, 0.29) is 10.8 Å². The molecule has 3 aromatic rings. The second-order valence-electron chi connectivity index (χ2n) is 7.37. The molecule has 9 nitrogen and oxygen atoms in total. The normalized spacial score (nSPS) is 14.0. The van der Waals surface area contributed by atoms with Crippen molar-refractivity contribution in [3.05, 3.63) is 62.1 Å². The van der Waals surface area contributed by atoms with E-state index in [4.69, 9.17) is 9.47 Å². The summed E-state index contributed by atoms with van der Waals surface area (Å²) in [6, 6.07) is 11.4. The summed E-state index contributed by atoms with van der Waals surface area (Å²) in [5, 5.41) is 6.19. The minimum atomic E-state index is -0.622. The van der Waals surface area contributed by atoms with E-state index >= 15 is 0 Å². The smallest absolute Gasteiger partial charge is 0.411 e. The summed E-state index contributed by atoms with van der Waals surface area (Å²) in [5.41, 5.74) is 3.74. The topological polar surface area (TPSA) is 113 Å². The van der Waals surface area contributed by atoms with Crippen molar-refractivity contribution in [2.45, 2.75) is 15.8 Å². The van der Waals surface area contributed by atoms with Gasteiger partial charge in [0.1, 0.15) is 0 Å². The highest BCUT2D eigenvalue weighted by Crippen LogP contribution is 2.54. The first-order valence-corrected chi connectivity index (χ1v) is 11.5. The lowest BCUT2D eigenvalue weighted by Crippen LogP contribution is -2.19. The molecular weight excluding hydrogens is 464 g/mol. The Balaban J connectivity index is 1.95. The highest BCUT2D eigenvalue weighted by atomic mass is 32.2. The zero-order valence-corrected chi connectivity index (χ0v) is 20.0. The number of anilines is 3. The average molecular weight is 487 g/mol.